The van der Waals surface area contributed by atoms with Crippen LogP contribution in [-0.2, 0) is 48.2 Å². The van der Waals surface area contributed by atoms with E-state index in [2.05, 4.69) is 118 Å². The molecule has 4 heterocycles. The van der Waals surface area contributed by atoms with Crippen molar-refractivity contribution in [3.05, 3.63) is 155 Å². The van der Waals surface area contributed by atoms with Crippen LogP contribution in [0.2, 0.25) is 0 Å². The van der Waals surface area contributed by atoms with Crippen LogP contribution in [0.3, 0.4) is 0 Å². The highest BCUT2D eigenvalue weighted by Crippen LogP contribution is 2.34. The third-order valence-electron chi connectivity index (χ3n) is 13.8. The number of rotatable bonds is 30. The molecule has 0 aliphatic heterocycles. The number of unbranched alkanes of at least 4 members (excludes halogenated alkanes) is 10. The zero-order valence-corrected chi connectivity index (χ0v) is 41.5. The van der Waals surface area contributed by atoms with Crippen molar-refractivity contribution in [2.45, 2.75) is 135 Å². The molecule has 0 bridgehead atoms. The van der Waals surface area contributed by atoms with Gasteiger partial charge in [-0.1, -0.05) is 142 Å². The van der Waals surface area contributed by atoms with Gasteiger partial charge in [-0.05, 0) is 112 Å². The van der Waals surface area contributed by atoms with Gasteiger partial charge in [0.05, 0.1) is 35.6 Å². The molecule has 0 spiro atoms. The minimum atomic E-state index is -0.385. The van der Waals surface area contributed by atoms with Crippen molar-refractivity contribution in [3.8, 4) is 0 Å². The van der Waals surface area contributed by atoms with Crippen LogP contribution >= 0.6 is 0 Å². The molecule has 0 saturated heterocycles. The predicted octanol–water partition coefficient (Wildman–Crippen LogP) is 13.1. The Morgan fingerprint density at radius 1 is 0.408 bits per heavy atom. The van der Waals surface area contributed by atoms with Gasteiger partial charge in [-0.3, -0.25) is 0 Å². The van der Waals surface area contributed by atoms with Crippen LogP contribution in [-0.4, -0.2) is 67.7 Å². The lowest BCUT2D eigenvalue weighted by Crippen LogP contribution is -2.11. The number of aliphatic hydroxyl groups excluding tert-OH is 2. The van der Waals surface area contributed by atoms with Crippen molar-refractivity contribution in [2.24, 2.45) is 0 Å². The highest BCUT2D eigenvalue weighted by molar-refractivity contribution is 6.11. The molecule has 2 N–H and O–H groups in total. The summed E-state index contributed by atoms with van der Waals surface area (Å²) in [5, 5.41) is 23.2. The molecule has 10 heteroatoms. The number of benzene rings is 4. The molecule has 0 aliphatic rings. The second kappa shape index (κ2) is 26.7. The second-order valence-corrected chi connectivity index (χ2v) is 19.0. The van der Waals surface area contributed by atoms with Gasteiger partial charge in [0.2, 0.25) is 0 Å². The van der Waals surface area contributed by atoms with Crippen molar-refractivity contribution in [2.75, 3.05) is 26.4 Å². The Kier molecular flexibility index (Phi) is 19.2. The number of pyridine rings is 2. The number of hydrogen-bond donors (Lipinski definition) is 2. The van der Waals surface area contributed by atoms with Gasteiger partial charge in [0, 0.05) is 58.9 Å². The van der Waals surface area contributed by atoms with E-state index in [0.29, 0.717) is 24.6 Å². The fraction of sp³-hybridized carbons (Fsp3) is 0.410. The van der Waals surface area contributed by atoms with Crippen LogP contribution in [0.15, 0.2) is 121 Å². The summed E-state index contributed by atoms with van der Waals surface area (Å²) < 4.78 is 16.4. The average molecular weight is 957 g/mol. The molecular weight excluding hydrogens is 885 g/mol. The Balaban J connectivity index is 0.804. The summed E-state index contributed by atoms with van der Waals surface area (Å²) in [6.45, 7) is 2.72. The van der Waals surface area contributed by atoms with Crippen molar-refractivity contribution in [1.82, 2.24) is 19.1 Å². The minimum Gasteiger partial charge on any atom is -0.461 e. The van der Waals surface area contributed by atoms with E-state index in [1.165, 1.54) is 11.1 Å². The molecule has 10 nitrogen and oxygen atoms in total. The van der Waals surface area contributed by atoms with Gasteiger partial charge in [-0.25, -0.2) is 19.6 Å². The summed E-state index contributed by atoms with van der Waals surface area (Å²) in [4.78, 5) is 37.1. The number of para-hydroxylation sites is 2. The summed E-state index contributed by atoms with van der Waals surface area (Å²) in [5.74, 6) is -0.769. The maximum Gasteiger partial charge on any atom is 0.356 e. The van der Waals surface area contributed by atoms with Crippen LogP contribution in [0.1, 0.15) is 140 Å². The standard InChI is InChI=1S/C61H72N4O6/c66-40-20-8-14-34-52-58-50(48-32-16-18-36-56(48)64(58)38-24-30-46-26-10-6-11-27-46)44-54(62-52)60(68)70-42-22-4-2-1-3-5-23-43-71-61(69)55-45-51-49-33-17-19-37-57(49)65(39-25-31-47-28-12-7-13-29-47)59(51)53(63-55)35-15-9-21-41-67/h6-7,10-13,16-19,26-29,32-33,36-37,44-45,66-67H,1-5,8-9,14-15,20-25,30-31,34-35,38-43H2. The smallest absolute Gasteiger partial charge is 0.356 e. The lowest BCUT2D eigenvalue weighted by Gasteiger charge is -2.12. The van der Waals surface area contributed by atoms with E-state index >= 15 is 0 Å². The first-order valence-electron chi connectivity index (χ1n) is 26.5. The highest BCUT2D eigenvalue weighted by Gasteiger charge is 2.22. The lowest BCUT2D eigenvalue weighted by molar-refractivity contribution is 0.0483. The fourth-order valence-corrected chi connectivity index (χ4v) is 10.2. The largest absolute Gasteiger partial charge is 0.461 e. The zero-order valence-electron chi connectivity index (χ0n) is 41.5. The molecule has 4 aromatic carbocycles. The van der Waals surface area contributed by atoms with E-state index in [-0.39, 0.29) is 25.2 Å². The van der Waals surface area contributed by atoms with Crippen molar-refractivity contribution < 1.29 is 29.3 Å². The number of hydrogen-bond acceptors (Lipinski definition) is 8. The Labute approximate surface area is 419 Å². The number of aryl methyl sites for hydroxylation is 6. The van der Waals surface area contributed by atoms with Crippen molar-refractivity contribution in [1.29, 1.82) is 0 Å². The molecule has 4 aromatic heterocycles. The topological polar surface area (TPSA) is 129 Å². The number of carbonyl (C=O) groups excluding carboxylic acids is 2. The lowest BCUT2D eigenvalue weighted by atomic mass is 10.1. The van der Waals surface area contributed by atoms with Crippen LogP contribution in [0.25, 0.3) is 43.6 Å². The van der Waals surface area contributed by atoms with Gasteiger partial charge in [0.1, 0.15) is 11.4 Å². The van der Waals surface area contributed by atoms with Crippen LogP contribution < -0.4 is 0 Å². The van der Waals surface area contributed by atoms with Gasteiger partial charge < -0.3 is 28.8 Å². The van der Waals surface area contributed by atoms with Gasteiger partial charge in [-0.2, -0.15) is 0 Å². The molecule has 0 radical (unpaired) electrons. The minimum absolute atomic E-state index is 0.170. The van der Waals surface area contributed by atoms with Crippen LogP contribution in [0.4, 0.5) is 0 Å². The molecule has 71 heavy (non-hydrogen) atoms. The Morgan fingerprint density at radius 3 is 1.21 bits per heavy atom. The predicted molar refractivity (Wildman–Crippen MR) is 286 cm³/mol. The first kappa shape index (κ1) is 51.0. The van der Waals surface area contributed by atoms with Crippen LogP contribution in [0, 0.1) is 0 Å². The summed E-state index contributed by atoms with van der Waals surface area (Å²) in [5.41, 5.74) is 9.65. The van der Waals surface area contributed by atoms with Crippen molar-refractivity contribution >= 4 is 55.6 Å². The normalized spacial score (nSPS) is 11.6. The number of esters is 2. The molecule has 0 fully saturated rings. The molecule has 0 saturated carbocycles. The van der Waals surface area contributed by atoms with E-state index in [1.807, 2.05) is 12.1 Å². The van der Waals surface area contributed by atoms with Gasteiger partial charge >= 0.3 is 11.9 Å². The van der Waals surface area contributed by atoms with E-state index in [0.717, 1.165) is 190 Å². The summed E-state index contributed by atoms with van der Waals surface area (Å²) in [6.07, 6.45) is 17.0. The number of aromatic nitrogens is 4. The number of fused-ring (bicyclic) bond motifs is 6. The summed E-state index contributed by atoms with van der Waals surface area (Å²) in [7, 11) is 0. The maximum atomic E-state index is 13.6. The molecule has 8 rings (SSSR count). The Bertz CT molecular complexity index is 2740. The van der Waals surface area contributed by atoms with Gasteiger partial charge in [0.15, 0.2) is 0 Å². The SMILES string of the molecule is O=C(OCCCCCCCCCOC(=O)c1cc2c3ccccc3n(CCCc3ccccc3)c2c(CCCCCO)n1)c1cc2c3ccccc3n(CCCc3ccccc3)c2c(CCCCCO)n1. The number of ether oxygens (including phenoxy) is 2. The first-order valence-corrected chi connectivity index (χ1v) is 26.5. The highest BCUT2D eigenvalue weighted by atomic mass is 16.5. The second-order valence-electron chi connectivity index (χ2n) is 19.0. The third kappa shape index (κ3) is 13.5. The van der Waals surface area contributed by atoms with Crippen molar-refractivity contribution in [3.63, 3.8) is 0 Å². The van der Waals surface area contributed by atoms with Crippen LogP contribution in [0.5, 0.6) is 0 Å². The van der Waals surface area contributed by atoms with E-state index in [1.54, 1.807) is 0 Å². The quantitative estimate of drug-likeness (QED) is 0.0337. The third-order valence-corrected chi connectivity index (χ3v) is 13.8. The molecule has 0 amide bonds. The maximum absolute atomic E-state index is 13.6. The van der Waals surface area contributed by atoms with E-state index in [9.17, 15) is 19.8 Å². The first-order chi connectivity index (χ1) is 35.0. The molecular formula is C61H72N4O6. The number of aliphatic hydroxyl groups is 2. The van der Waals surface area contributed by atoms with Gasteiger partial charge in [-0.15, -0.1) is 0 Å². The average Bonchev–Trinajstić information content (AvgIpc) is 3.90. The Morgan fingerprint density at radius 2 is 0.789 bits per heavy atom. The number of carbonyl (C=O) groups is 2. The summed E-state index contributed by atoms with van der Waals surface area (Å²) >= 11 is 0. The summed E-state index contributed by atoms with van der Waals surface area (Å²) in [6, 6.07) is 41.9. The number of nitrogens with zero attached hydrogens (tertiary/aromatic N) is 4. The van der Waals surface area contributed by atoms with E-state index < -0.39 is 0 Å². The molecule has 0 aliphatic carbocycles. The monoisotopic (exact) mass is 957 g/mol. The molecule has 0 unspecified atom stereocenters. The molecule has 8 aromatic rings. The fourth-order valence-electron chi connectivity index (χ4n) is 10.2. The molecule has 0 atom stereocenters. The zero-order chi connectivity index (χ0) is 49.0. The molecule has 372 valence electrons. The van der Waals surface area contributed by atoms with Gasteiger partial charge in [0.25, 0.3) is 0 Å². The van der Waals surface area contributed by atoms with E-state index in [4.69, 9.17) is 19.4 Å². The Hall–Kier alpha value is -6.36.